The highest BCUT2D eigenvalue weighted by atomic mass is 16.5. The Morgan fingerprint density at radius 3 is 2.24 bits per heavy atom. The lowest BCUT2D eigenvalue weighted by Gasteiger charge is -2.21. The Morgan fingerprint density at radius 1 is 1.35 bits per heavy atom. The highest BCUT2D eigenvalue weighted by Crippen LogP contribution is 2.18. The van der Waals surface area contributed by atoms with Crippen LogP contribution in [0.2, 0.25) is 0 Å². The van der Waals surface area contributed by atoms with Gasteiger partial charge in [-0.15, -0.1) is 0 Å². The molecule has 0 radical (unpaired) electrons. The zero-order chi connectivity index (χ0) is 13.6. The molecule has 2 heteroatoms. The molecule has 0 aliphatic rings. The Bertz CT molecular complexity index is 334. The van der Waals surface area contributed by atoms with Crippen molar-refractivity contribution in [3.05, 3.63) is 12.2 Å². The maximum Gasteiger partial charge on any atom is 0.312 e. The maximum absolute atomic E-state index is 11.8. The van der Waals surface area contributed by atoms with Crippen molar-refractivity contribution in [2.75, 3.05) is 0 Å². The number of allylic oxidation sites excluding steroid dienone is 1. The summed E-state index contributed by atoms with van der Waals surface area (Å²) >= 11 is 0. The van der Waals surface area contributed by atoms with E-state index in [1.165, 1.54) is 0 Å². The molecular weight excluding hydrogens is 212 g/mol. The molecule has 0 aromatic carbocycles. The lowest BCUT2D eigenvalue weighted by molar-refractivity contribution is -0.156. The van der Waals surface area contributed by atoms with E-state index in [1.54, 1.807) is 0 Å². The molecule has 1 unspecified atom stereocenters. The van der Waals surface area contributed by atoms with Gasteiger partial charge in [0.15, 0.2) is 6.10 Å². The van der Waals surface area contributed by atoms with Crippen molar-refractivity contribution in [3.63, 3.8) is 0 Å². The average Bonchev–Trinajstić information content (AvgIpc) is 2.11. The highest BCUT2D eigenvalue weighted by molar-refractivity contribution is 5.75. The van der Waals surface area contributed by atoms with E-state index < -0.39 is 5.41 Å². The number of esters is 1. The van der Waals surface area contributed by atoms with Crippen molar-refractivity contribution < 1.29 is 9.53 Å². The zero-order valence-corrected chi connectivity index (χ0v) is 11.9. The predicted molar refractivity (Wildman–Crippen MR) is 71.4 cm³/mol. The molecule has 0 aliphatic carbocycles. The Morgan fingerprint density at radius 2 is 1.88 bits per heavy atom. The van der Waals surface area contributed by atoms with Crippen LogP contribution in [0.5, 0.6) is 0 Å². The molecule has 0 saturated carbocycles. The average molecular weight is 236 g/mol. The molecule has 0 aromatic heterocycles. The van der Waals surface area contributed by atoms with Gasteiger partial charge in [-0.05, 0) is 45.6 Å². The van der Waals surface area contributed by atoms with Gasteiger partial charge in [0, 0.05) is 0 Å². The number of carbonyl (C=O) groups is 1. The maximum atomic E-state index is 11.8. The van der Waals surface area contributed by atoms with Crippen LogP contribution >= 0.6 is 0 Å². The molecule has 0 bridgehead atoms. The third-order valence-corrected chi connectivity index (χ3v) is 1.99. The summed E-state index contributed by atoms with van der Waals surface area (Å²) in [6.07, 6.45) is 0.417. The largest absolute Gasteiger partial charge is 0.449 e. The van der Waals surface area contributed by atoms with E-state index in [2.05, 4.69) is 32.3 Å². The van der Waals surface area contributed by atoms with Gasteiger partial charge in [0.25, 0.3) is 0 Å². The molecular formula is C15H24O2. The molecule has 0 rings (SSSR count). The fourth-order valence-electron chi connectivity index (χ4n) is 1.07. The van der Waals surface area contributed by atoms with Gasteiger partial charge in [-0.2, -0.15) is 0 Å². The second-order valence-electron chi connectivity index (χ2n) is 5.82. The number of carbonyl (C=O) groups excluding carboxylic acids is 1. The number of ether oxygens (including phenoxy) is 1. The fourth-order valence-corrected chi connectivity index (χ4v) is 1.07. The second kappa shape index (κ2) is 6.49. The van der Waals surface area contributed by atoms with Crippen molar-refractivity contribution in [2.45, 2.75) is 54.1 Å². The topological polar surface area (TPSA) is 26.3 Å². The first-order valence-corrected chi connectivity index (χ1v) is 6.01. The van der Waals surface area contributed by atoms with Gasteiger partial charge in [0.05, 0.1) is 5.41 Å². The van der Waals surface area contributed by atoms with Crippen LogP contribution in [0.25, 0.3) is 0 Å². The quantitative estimate of drug-likeness (QED) is 0.553. The van der Waals surface area contributed by atoms with Crippen LogP contribution in [0.1, 0.15) is 48.0 Å². The van der Waals surface area contributed by atoms with Crippen molar-refractivity contribution in [1.82, 2.24) is 0 Å². The molecule has 2 nitrogen and oxygen atoms in total. The van der Waals surface area contributed by atoms with Crippen molar-refractivity contribution in [2.24, 2.45) is 11.3 Å². The molecule has 0 saturated heterocycles. The third-order valence-electron chi connectivity index (χ3n) is 1.99. The minimum atomic E-state index is -0.486. The first-order chi connectivity index (χ1) is 7.62. The second-order valence-corrected chi connectivity index (χ2v) is 5.82. The van der Waals surface area contributed by atoms with Gasteiger partial charge < -0.3 is 4.74 Å². The van der Waals surface area contributed by atoms with E-state index in [9.17, 15) is 4.79 Å². The molecule has 96 valence electrons. The molecule has 17 heavy (non-hydrogen) atoms. The number of hydrogen-bond donors (Lipinski definition) is 0. The van der Waals surface area contributed by atoms with Crippen LogP contribution < -0.4 is 0 Å². The molecule has 1 atom stereocenters. The first-order valence-electron chi connectivity index (χ1n) is 6.01. The Balaban J connectivity index is 4.68. The molecule has 0 fully saturated rings. The van der Waals surface area contributed by atoms with Crippen LogP contribution in [-0.4, -0.2) is 12.1 Å². The van der Waals surface area contributed by atoms with Gasteiger partial charge in [0.2, 0.25) is 0 Å². The fraction of sp³-hybridized carbons (Fsp3) is 0.667. The van der Waals surface area contributed by atoms with Gasteiger partial charge in [-0.25, -0.2) is 0 Å². The minimum absolute atomic E-state index is 0.209. The Hall–Kier alpha value is -1.23. The summed E-state index contributed by atoms with van der Waals surface area (Å²) in [5.41, 5.74) is 0.297. The van der Waals surface area contributed by atoms with E-state index >= 15 is 0 Å². The molecule has 0 N–H and O–H groups in total. The summed E-state index contributed by atoms with van der Waals surface area (Å²) in [5, 5.41) is 0. The smallest absolute Gasteiger partial charge is 0.312 e. The standard InChI is InChI=1S/C15H24O2/c1-11(2)8-9-13(10-12(3)4)17-14(16)15(5,6)7/h12-13H,1,10H2,2-7H3. The van der Waals surface area contributed by atoms with E-state index in [4.69, 9.17) is 4.74 Å². The summed E-state index contributed by atoms with van der Waals surface area (Å²) in [6.45, 7) is 15.2. The van der Waals surface area contributed by atoms with E-state index in [-0.39, 0.29) is 12.1 Å². The SMILES string of the molecule is C=C(C)C#CC(CC(C)C)OC(=O)C(C)(C)C. The minimum Gasteiger partial charge on any atom is -0.449 e. The van der Waals surface area contributed by atoms with E-state index in [0.717, 1.165) is 12.0 Å². The van der Waals surface area contributed by atoms with E-state index in [1.807, 2.05) is 27.7 Å². The molecule has 0 aliphatic heterocycles. The lowest BCUT2D eigenvalue weighted by Crippen LogP contribution is -2.28. The molecule has 0 amide bonds. The normalized spacial score (nSPS) is 12.6. The van der Waals surface area contributed by atoms with Crippen LogP contribution in [0.4, 0.5) is 0 Å². The summed E-state index contributed by atoms with van der Waals surface area (Å²) in [7, 11) is 0. The van der Waals surface area contributed by atoms with Crippen LogP contribution in [0, 0.1) is 23.2 Å². The summed E-state index contributed by atoms with van der Waals surface area (Å²) in [6, 6.07) is 0. The summed E-state index contributed by atoms with van der Waals surface area (Å²) < 4.78 is 5.42. The molecule has 0 heterocycles. The monoisotopic (exact) mass is 236 g/mol. The van der Waals surface area contributed by atoms with Crippen molar-refractivity contribution in [1.29, 1.82) is 0 Å². The molecule has 0 aromatic rings. The zero-order valence-electron chi connectivity index (χ0n) is 11.9. The Labute approximate surface area is 105 Å². The van der Waals surface area contributed by atoms with Gasteiger partial charge in [-0.3, -0.25) is 4.79 Å². The number of rotatable bonds is 3. The summed E-state index contributed by atoms with van der Waals surface area (Å²) in [5.74, 6) is 6.08. The van der Waals surface area contributed by atoms with Gasteiger partial charge >= 0.3 is 5.97 Å². The van der Waals surface area contributed by atoms with Crippen molar-refractivity contribution in [3.8, 4) is 11.8 Å². The van der Waals surface area contributed by atoms with Gasteiger partial charge in [-0.1, -0.05) is 32.3 Å². The molecule has 0 spiro atoms. The van der Waals surface area contributed by atoms with E-state index in [0.29, 0.717) is 5.92 Å². The number of hydrogen-bond acceptors (Lipinski definition) is 2. The predicted octanol–water partition coefficient (Wildman–Crippen LogP) is 3.57. The summed E-state index contributed by atoms with van der Waals surface area (Å²) in [4.78, 5) is 11.8. The first kappa shape index (κ1) is 15.8. The van der Waals surface area contributed by atoms with Crippen LogP contribution in [-0.2, 0) is 9.53 Å². The van der Waals surface area contributed by atoms with Crippen molar-refractivity contribution >= 4 is 5.97 Å². The van der Waals surface area contributed by atoms with Crippen LogP contribution in [0.15, 0.2) is 12.2 Å². The highest BCUT2D eigenvalue weighted by Gasteiger charge is 2.25. The third kappa shape index (κ3) is 7.63. The van der Waals surface area contributed by atoms with Crippen LogP contribution in [0.3, 0.4) is 0 Å². The Kier molecular flexibility index (Phi) is 6.02. The van der Waals surface area contributed by atoms with Gasteiger partial charge in [0.1, 0.15) is 0 Å². The lowest BCUT2D eigenvalue weighted by atomic mass is 9.97.